The van der Waals surface area contributed by atoms with E-state index < -0.39 is 0 Å². The molecule has 1 heterocycles. The number of nitrogens with one attached hydrogen (secondary N) is 1. The van der Waals surface area contributed by atoms with Crippen molar-refractivity contribution in [2.24, 2.45) is 7.05 Å². The molecule has 0 amide bonds. The molecule has 0 bridgehead atoms. The maximum absolute atomic E-state index is 5.95. The average Bonchev–Trinajstić information content (AvgIpc) is 2.69. The molecule has 96 valence electrons. The Morgan fingerprint density at radius 3 is 2.78 bits per heavy atom. The highest BCUT2D eigenvalue weighted by molar-refractivity contribution is 6.29. The lowest BCUT2D eigenvalue weighted by Gasteiger charge is -2.10. The molecule has 0 fully saturated rings. The number of benzene rings is 1. The first-order valence-electron chi connectivity index (χ1n) is 6.11. The van der Waals surface area contributed by atoms with Crippen LogP contribution in [0.25, 0.3) is 0 Å². The minimum Gasteiger partial charge on any atom is -0.378 e. The predicted octanol–water partition coefficient (Wildman–Crippen LogP) is 3.56. The summed E-state index contributed by atoms with van der Waals surface area (Å²) in [6.07, 6.45) is 2.72. The maximum atomic E-state index is 5.95. The number of nitrogens with zero attached hydrogens (tertiary/aromatic N) is 2. The molecule has 0 atom stereocenters. The van der Waals surface area contributed by atoms with Crippen molar-refractivity contribution in [1.82, 2.24) is 9.55 Å². The van der Waals surface area contributed by atoms with Crippen LogP contribution in [0.15, 0.2) is 24.4 Å². The molecule has 1 N–H and O–H groups in total. The van der Waals surface area contributed by atoms with Gasteiger partial charge in [-0.1, -0.05) is 24.6 Å². The summed E-state index contributed by atoms with van der Waals surface area (Å²) in [5.41, 5.74) is 3.83. The van der Waals surface area contributed by atoms with Crippen LogP contribution in [-0.4, -0.2) is 9.55 Å². The van der Waals surface area contributed by atoms with Gasteiger partial charge in [0.15, 0.2) is 0 Å². The molecule has 1 aromatic heterocycles. The molecule has 3 nitrogen and oxygen atoms in total. The van der Waals surface area contributed by atoms with Gasteiger partial charge in [0.05, 0.1) is 12.7 Å². The van der Waals surface area contributed by atoms with Gasteiger partial charge in [-0.05, 0) is 36.6 Å². The molecule has 0 saturated heterocycles. The van der Waals surface area contributed by atoms with Crippen LogP contribution in [-0.2, 0) is 20.0 Å². The van der Waals surface area contributed by atoms with Crippen molar-refractivity contribution in [3.8, 4) is 0 Å². The first-order chi connectivity index (χ1) is 8.61. The third kappa shape index (κ3) is 2.67. The van der Waals surface area contributed by atoms with Crippen molar-refractivity contribution in [1.29, 1.82) is 0 Å². The Morgan fingerprint density at radius 2 is 2.17 bits per heavy atom. The number of anilines is 1. The van der Waals surface area contributed by atoms with Gasteiger partial charge < -0.3 is 9.88 Å². The second kappa shape index (κ2) is 5.44. The molecule has 0 saturated carbocycles. The first kappa shape index (κ1) is 13.0. The molecule has 0 spiro atoms. The van der Waals surface area contributed by atoms with E-state index >= 15 is 0 Å². The Balaban J connectivity index is 2.08. The van der Waals surface area contributed by atoms with Crippen LogP contribution in [0.1, 0.15) is 23.9 Å². The van der Waals surface area contributed by atoms with Crippen molar-refractivity contribution in [3.63, 3.8) is 0 Å². The second-order valence-electron chi connectivity index (χ2n) is 4.40. The normalized spacial score (nSPS) is 10.7. The van der Waals surface area contributed by atoms with Gasteiger partial charge in [0.25, 0.3) is 0 Å². The number of hydrogen-bond acceptors (Lipinski definition) is 2. The summed E-state index contributed by atoms with van der Waals surface area (Å²) in [6.45, 7) is 4.99. The number of aromatic nitrogens is 2. The molecule has 0 aliphatic rings. The summed E-state index contributed by atoms with van der Waals surface area (Å²) in [5, 5.41) is 4.03. The van der Waals surface area contributed by atoms with Gasteiger partial charge in [-0.3, -0.25) is 0 Å². The minimum atomic E-state index is 0.657. The van der Waals surface area contributed by atoms with E-state index in [2.05, 4.69) is 42.3 Å². The molecule has 2 aromatic rings. The summed E-state index contributed by atoms with van der Waals surface area (Å²) in [4.78, 5) is 4.26. The van der Waals surface area contributed by atoms with Crippen LogP contribution in [0.3, 0.4) is 0 Å². The Kier molecular flexibility index (Phi) is 3.92. The highest BCUT2D eigenvalue weighted by atomic mass is 35.5. The Labute approximate surface area is 113 Å². The Morgan fingerprint density at radius 1 is 1.39 bits per heavy atom. The molecule has 0 unspecified atom stereocenters. The molecule has 4 heteroatoms. The van der Waals surface area contributed by atoms with Gasteiger partial charge in [-0.2, -0.15) is 0 Å². The van der Waals surface area contributed by atoms with Crippen molar-refractivity contribution >= 4 is 17.3 Å². The van der Waals surface area contributed by atoms with Crippen LogP contribution in [0.4, 0.5) is 5.69 Å². The lowest BCUT2D eigenvalue weighted by Crippen LogP contribution is -2.06. The summed E-state index contributed by atoms with van der Waals surface area (Å²) in [5.74, 6) is 0.929. The summed E-state index contributed by atoms with van der Waals surface area (Å²) >= 11 is 5.95. The molecule has 0 aliphatic carbocycles. The minimum absolute atomic E-state index is 0.657. The fourth-order valence-electron chi connectivity index (χ4n) is 1.93. The third-order valence-electron chi connectivity index (χ3n) is 3.21. The van der Waals surface area contributed by atoms with Crippen LogP contribution < -0.4 is 5.32 Å². The van der Waals surface area contributed by atoms with Crippen molar-refractivity contribution in [2.75, 3.05) is 5.32 Å². The molecule has 0 aliphatic heterocycles. The molecular formula is C14H18ClN3. The monoisotopic (exact) mass is 263 g/mol. The number of rotatable bonds is 4. The van der Waals surface area contributed by atoms with Gasteiger partial charge in [0, 0.05) is 12.7 Å². The predicted molar refractivity (Wildman–Crippen MR) is 76.1 cm³/mol. The van der Waals surface area contributed by atoms with E-state index in [1.807, 2.05) is 11.6 Å². The van der Waals surface area contributed by atoms with Crippen LogP contribution >= 0.6 is 11.6 Å². The Hall–Kier alpha value is -1.48. The van der Waals surface area contributed by atoms with Crippen LogP contribution in [0, 0.1) is 6.92 Å². The molecule has 18 heavy (non-hydrogen) atoms. The molecular weight excluding hydrogens is 246 g/mol. The van der Waals surface area contributed by atoms with Gasteiger partial charge in [0.2, 0.25) is 0 Å². The summed E-state index contributed by atoms with van der Waals surface area (Å²) in [7, 11) is 1.92. The topological polar surface area (TPSA) is 29.9 Å². The zero-order valence-electron chi connectivity index (χ0n) is 11.0. The number of halogens is 1. The SMILES string of the molecule is CCc1cc(NCc2ncc(Cl)n2C)ccc1C. The fourth-order valence-corrected chi connectivity index (χ4v) is 2.08. The third-order valence-corrected chi connectivity index (χ3v) is 3.56. The number of aryl methyl sites for hydroxylation is 2. The summed E-state index contributed by atoms with van der Waals surface area (Å²) < 4.78 is 1.88. The highest BCUT2D eigenvalue weighted by Gasteiger charge is 2.04. The van der Waals surface area contributed by atoms with Gasteiger partial charge >= 0.3 is 0 Å². The lowest BCUT2D eigenvalue weighted by atomic mass is 10.1. The first-order valence-corrected chi connectivity index (χ1v) is 6.49. The molecule has 2 rings (SSSR count). The van der Waals surface area contributed by atoms with Crippen LogP contribution in [0.2, 0.25) is 5.15 Å². The quantitative estimate of drug-likeness (QED) is 0.914. The molecule has 1 aromatic carbocycles. The maximum Gasteiger partial charge on any atom is 0.128 e. The number of imidazole rings is 1. The van der Waals surface area contributed by atoms with E-state index in [0.717, 1.165) is 17.9 Å². The van der Waals surface area contributed by atoms with E-state index in [9.17, 15) is 0 Å². The van der Waals surface area contributed by atoms with E-state index in [4.69, 9.17) is 11.6 Å². The van der Waals surface area contributed by atoms with Crippen molar-refractivity contribution in [3.05, 3.63) is 46.5 Å². The van der Waals surface area contributed by atoms with Gasteiger partial charge in [-0.15, -0.1) is 0 Å². The van der Waals surface area contributed by atoms with E-state index in [1.54, 1.807) is 6.20 Å². The van der Waals surface area contributed by atoms with Crippen molar-refractivity contribution < 1.29 is 0 Å². The van der Waals surface area contributed by atoms with E-state index in [-0.39, 0.29) is 0 Å². The fraction of sp³-hybridized carbons (Fsp3) is 0.357. The zero-order valence-corrected chi connectivity index (χ0v) is 11.8. The standard InChI is InChI=1S/C14H18ClN3/c1-4-11-7-12(6-5-10(11)2)16-9-14-17-8-13(15)18(14)3/h5-8,16H,4,9H2,1-3H3. The largest absolute Gasteiger partial charge is 0.378 e. The zero-order chi connectivity index (χ0) is 13.1. The van der Waals surface area contributed by atoms with E-state index in [0.29, 0.717) is 11.7 Å². The molecule has 0 radical (unpaired) electrons. The van der Waals surface area contributed by atoms with Crippen molar-refractivity contribution in [2.45, 2.75) is 26.8 Å². The van der Waals surface area contributed by atoms with Gasteiger partial charge in [-0.25, -0.2) is 4.98 Å². The lowest BCUT2D eigenvalue weighted by molar-refractivity contribution is 0.813. The summed E-state index contributed by atoms with van der Waals surface area (Å²) in [6, 6.07) is 6.44. The second-order valence-corrected chi connectivity index (χ2v) is 4.79. The Bertz CT molecular complexity index is 546. The smallest absolute Gasteiger partial charge is 0.128 e. The number of hydrogen-bond donors (Lipinski definition) is 1. The average molecular weight is 264 g/mol. The van der Waals surface area contributed by atoms with Crippen LogP contribution in [0.5, 0.6) is 0 Å². The highest BCUT2D eigenvalue weighted by Crippen LogP contribution is 2.17. The van der Waals surface area contributed by atoms with Gasteiger partial charge in [0.1, 0.15) is 11.0 Å². The van der Waals surface area contributed by atoms with E-state index in [1.165, 1.54) is 11.1 Å².